The van der Waals surface area contributed by atoms with Crippen LogP contribution in [-0.2, 0) is 21.3 Å². The van der Waals surface area contributed by atoms with Crippen LogP contribution in [0.15, 0.2) is 27.7 Å². The molecule has 1 aromatic carbocycles. The van der Waals surface area contributed by atoms with E-state index in [9.17, 15) is 13.2 Å². The SMILES string of the molecule is COc1cc(C)c(S(=O)(=O)N(Cc2nc(C(=O)N3CCC(OC4CCCN(C)C4)CC3)co2)C2CC2)c(C)c1. The van der Waals surface area contributed by atoms with Crippen LogP contribution in [0.4, 0.5) is 0 Å². The van der Waals surface area contributed by atoms with Gasteiger partial charge < -0.3 is 23.7 Å². The van der Waals surface area contributed by atoms with E-state index in [0.29, 0.717) is 30.0 Å². The number of hydrogen-bond acceptors (Lipinski definition) is 8. The summed E-state index contributed by atoms with van der Waals surface area (Å²) in [5.41, 5.74) is 1.47. The average Bonchev–Trinajstić information content (AvgIpc) is 3.63. The molecule has 2 aliphatic heterocycles. The maximum absolute atomic E-state index is 13.8. The molecule has 1 aliphatic carbocycles. The molecule has 214 valence electrons. The Labute approximate surface area is 231 Å². The van der Waals surface area contributed by atoms with Crippen molar-refractivity contribution >= 4 is 15.9 Å². The van der Waals surface area contributed by atoms with E-state index in [-0.39, 0.29) is 47.2 Å². The number of sulfonamides is 1. The first kappa shape index (κ1) is 28.1. The summed E-state index contributed by atoms with van der Waals surface area (Å²) < 4.78 is 46.2. The van der Waals surface area contributed by atoms with Crippen molar-refractivity contribution in [3.63, 3.8) is 0 Å². The van der Waals surface area contributed by atoms with E-state index in [2.05, 4.69) is 16.9 Å². The molecule has 1 saturated carbocycles. The number of rotatable bonds is 9. The molecule has 2 saturated heterocycles. The number of hydrogen-bond donors (Lipinski definition) is 0. The molecule has 3 aliphatic rings. The van der Waals surface area contributed by atoms with Gasteiger partial charge in [0.05, 0.1) is 30.8 Å². The van der Waals surface area contributed by atoms with Crippen LogP contribution in [0.5, 0.6) is 5.75 Å². The molecule has 5 rings (SSSR count). The van der Waals surface area contributed by atoms with Gasteiger partial charge >= 0.3 is 0 Å². The van der Waals surface area contributed by atoms with Gasteiger partial charge in [-0.05, 0) is 89.2 Å². The predicted molar refractivity (Wildman–Crippen MR) is 145 cm³/mol. The highest BCUT2D eigenvalue weighted by Crippen LogP contribution is 2.36. The van der Waals surface area contributed by atoms with Crippen molar-refractivity contribution in [2.24, 2.45) is 0 Å². The number of oxazole rings is 1. The summed E-state index contributed by atoms with van der Waals surface area (Å²) in [4.78, 5) is 22.0. The van der Waals surface area contributed by atoms with Gasteiger partial charge in [-0.15, -0.1) is 0 Å². The molecule has 1 aromatic heterocycles. The Balaban J connectivity index is 1.22. The van der Waals surface area contributed by atoms with Crippen LogP contribution >= 0.6 is 0 Å². The van der Waals surface area contributed by atoms with Gasteiger partial charge in [0.2, 0.25) is 15.9 Å². The van der Waals surface area contributed by atoms with E-state index >= 15 is 0 Å². The summed E-state index contributed by atoms with van der Waals surface area (Å²) in [6.07, 6.45) is 7.20. The van der Waals surface area contributed by atoms with Crippen molar-refractivity contribution < 1.29 is 27.1 Å². The topological polar surface area (TPSA) is 105 Å². The quantitative estimate of drug-likeness (QED) is 0.460. The Morgan fingerprint density at radius 1 is 1.08 bits per heavy atom. The first-order valence-electron chi connectivity index (χ1n) is 13.9. The molecule has 0 spiro atoms. The normalized spacial score (nSPS) is 21.5. The zero-order chi connectivity index (χ0) is 27.7. The lowest BCUT2D eigenvalue weighted by atomic mass is 10.0. The molecule has 1 amide bonds. The second-order valence-electron chi connectivity index (χ2n) is 11.2. The van der Waals surface area contributed by atoms with Crippen LogP contribution in [0.2, 0.25) is 0 Å². The molecule has 3 heterocycles. The van der Waals surface area contributed by atoms with E-state index in [4.69, 9.17) is 13.9 Å². The number of benzene rings is 1. The summed E-state index contributed by atoms with van der Waals surface area (Å²) in [5, 5.41) is 0. The number of likely N-dealkylation sites (N-methyl/N-ethyl adjacent to an activating group) is 1. The molecule has 0 bridgehead atoms. The molecule has 39 heavy (non-hydrogen) atoms. The highest BCUT2D eigenvalue weighted by atomic mass is 32.2. The number of nitrogens with zero attached hydrogens (tertiary/aromatic N) is 4. The fourth-order valence-electron chi connectivity index (χ4n) is 5.80. The van der Waals surface area contributed by atoms with Gasteiger partial charge in [-0.25, -0.2) is 13.4 Å². The Morgan fingerprint density at radius 2 is 1.77 bits per heavy atom. The summed E-state index contributed by atoms with van der Waals surface area (Å²) in [6, 6.07) is 3.36. The summed E-state index contributed by atoms with van der Waals surface area (Å²) >= 11 is 0. The smallest absolute Gasteiger partial charge is 0.275 e. The Hall–Kier alpha value is -2.47. The third-order valence-electron chi connectivity index (χ3n) is 7.95. The zero-order valence-electron chi connectivity index (χ0n) is 23.4. The monoisotopic (exact) mass is 560 g/mol. The van der Waals surface area contributed by atoms with Crippen LogP contribution in [-0.4, -0.2) is 92.0 Å². The minimum atomic E-state index is -3.81. The molecule has 10 nitrogen and oxygen atoms in total. The lowest BCUT2D eigenvalue weighted by Gasteiger charge is -2.36. The second-order valence-corrected chi connectivity index (χ2v) is 13.0. The second kappa shape index (κ2) is 11.6. The number of piperidine rings is 2. The Bertz CT molecular complexity index is 1260. The molecule has 0 radical (unpaired) electrons. The van der Waals surface area contributed by atoms with Crippen molar-refractivity contribution in [3.05, 3.63) is 41.1 Å². The third-order valence-corrected chi connectivity index (χ3v) is 10.2. The highest BCUT2D eigenvalue weighted by Gasteiger charge is 2.40. The third kappa shape index (κ3) is 6.32. The molecule has 3 fully saturated rings. The standard InChI is InChI=1S/C28H40N4O6S/c1-19-14-24(36-4)15-20(2)27(19)39(34,35)32(21-7-8-21)17-26-29-25(18-37-26)28(33)31-12-9-22(10-13-31)38-23-6-5-11-30(3)16-23/h14-15,18,21-23H,5-13,16-17H2,1-4H3. The van der Waals surface area contributed by atoms with Gasteiger partial charge in [-0.3, -0.25) is 4.79 Å². The minimum Gasteiger partial charge on any atom is -0.497 e. The van der Waals surface area contributed by atoms with Crippen LogP contribution in [0.3, 0.4) is 0 Å². The Kier molecular flexibility index (Phi) is 8.32. The van der Waals surface area contributed by atoms with E-state index in [1.54, 1.807) is 38.0 Å². The van der Waals surface area contributed by atoms with E-state index < -0.39 is 10.0 Å². The molecule has 2 aromatic rings. The fraction of sp³-hybridized carbons (Fsp3) is 0.643. The van der Waals surface area contributed by atoms with Crippen LogP contribution in [0, 0.1) is 13.8 Å². The van der Waals surface area contributed by atoms with Gasteiger partial charge in [0, 0.05) is 25.7 Å². The number of carbonyl (C=O) groups is 1. The minimum absolute atomic E-state index is 0.0169. The molecule has 1 unspecified atom stereocenters. The van der Waals surface area contributed by atoms with Gasteiger partial charge in [-0.2, -0.15) is 4.31 Å². The van der Waals surface area contributed by atoms with Crippen LogP contribution < -0.4 is 4.74 Å². The van der Waals surface area contributed by atoms with E-state index in [1.807, 2.05) is 0 Å². The summed E-state index contributed by atoms with van der Waals surface area (Å²) in [5.74, 6) is 0.649. The maximum Gasteiger partial charge on any atom is 0.275 e. The lowest BCUT2D eigenvalue weighted by Crippen LogP contribution is -2.44. The highest BCUT2D eigenvalue weighted by molar-refractivity contribution is 7.89. The van der Waals surface area contributed by atoms with Crippen molar-refractivity contribution in [1.29, 1.82) is 0 Å². The number of methoxy groups -OCH3 is 1. The number of ether oxygens (including phenoxy) is 2. The van der Waals surface area contributed by atoms with E-state index in [1.165, 1.54) is 10.6 Å². The van der Waals surface area contributed by atoms with Gasteiger partial charge in [0.1, 0.15) is 12.0 Å². The summed E-state index contributed by atoms with van der Waals surface area (Å²) in [7, 11) is -0.120. The fourth-order valence-corrected chi connectivity index (χ4v) is 7.85. The first-order chi connectivity index (χ1) is 18.7. The predicted octanol–water partition coefficient (Wildman–Crippen LogP) is 3.37. The number of aromatic nitrogens is 1. The number of likely N-dealkylation sites (tertiary alicyclic amines) is 2. The van der Waals surface area contributed by atoms with Crippen LogP contribution in [0.25, 0.3) is 0 Å². The zero-order valence-corrected chi connectivity index (χ0v) is 24.2. The van der Waals surface area contributed by atoms with Crippen LogP contribution in [0.1, 0.15) is 66.0 Å². The van der Waals surface area contributed by atoms with Gasteiger partial charge in [0.25, 0.3) is 5.91 Å². The van der Waals surface area contributed by atoms with Crippen molar-refractivity contribution in [3.8, 4) is 5.75 Å². The van der Waals surface area contributed by atoms with Crippen molar-refractivity contribution in [1.82, 2.24) is 19.1 Å². The first-order valence-corrected chi connectivity index (χ1v) is 15.3. The maximum atomic E-state index is 13.8. The van der Waals surface area contributed by atoms with E-state index in [0.717, 1.165) is 51.6 Å². The largest absolute Gasteiger partial charge is 0.497 e. The van der Waals surface area contributed by atoms with Crippen molar-refractivity contribution in [2.75, 3.05) is 40.3 Å². The molecular weight excluding hydrogens is 520 g/mol. The van der Waals surface area contributed by atoms with Gasteiger partial charge in [-0.1, -0.05) is 0 Å². The average molecular weight is 561 g/mol. The van der Waals surface area contributed by atoms with Gasteiger partial charge in [0.15, 0.2) is 5.69 Å². The number of aryl methyl sites for hydroxylation is 2. The Morgan fingerprint density at radius 3 is 2.38 bits per heavy atom. The van der Waals surface area contributed by atoms with Crippen molar-refractivity contribution in [2.45, 2.75) is 82.1 Å². The molecule has 0 N–H and O–H groups in total. The number of amides is 1. The molecule has 11 heteroatoms. The number of carbonyl (C=O) groups excluding carboxylic acids is 1. The molecule has 1 atom stereocenters. The molecular formula is C28H40N4O6S. The lowest BCUT2D eigenvalue weighted by molar-refractivity contribution is -0.0632. The summed E-state index contributed by atoms with van der Waals surface area (Å²) in [6.45, 7) is 6.83.